The van der Waals surface area contributed by atoms with Gasteiger partial charge in [0, 0.05) is 73.8 Å². The van der Waals surface area contributed by atoms with Gasteiger partial charge in [-0.1, -0.05) is 30.7 Å². The summed E-state index contributed by atoms with van der Waals surface area (Å²) in [5, 5.41) is 19.9. The SMILES string of the molecule is CC[C@H](NC[C@H](Cc1cscn1)NC(=O)c1cc(C(=O)N[C@H](C)c2cccc(Cl)c2)cc(N(C)S(=O)(=O)N(C)C)c1)C(=O)CC(=N)CC1CC1. The Morgan fingerprint density at radius 3 is 2.32 bits per heavy atom. The summed E-state index contributed by atoms with van der Waals surface area (Å²) in [6.45, 7) is 3.93. The Kier molecular flexibility index (Phi) is 13.7. The van der Waals surface area contributed by atoms with E-state index in [1.807, 2.05) is 18.4 Å². The van der Waals surface area contributed by atoms with Gasteiger partial charge >= 0.3 is 10.2 Å². The zero-order valence-corrected chi connectivity index (χ0v) is 31.4. The zero-order valence-electron chi connectivity index (χ0n) is 29.0. The van der Waals surface area contributed by atoms with Gasteiger partial charge in [0.2, 0.25) is 0 Å². The lowest BCUT2D eigenvalue weighted by atomic mass is 10.0. The van der Waals surface area contributed by atoms with E-state index >= 15 is 0 Å². The molecular formula is C35H46ClN7O5S2. The van der Waals surface area contributed by atoms with Crippen molar-refractivity contribution >= 4 is 62.1 Å². The Hall–Kier alpha value is -3.69. The van der Waals surface area contributed by atoms with Crippen LogP contribution in [0.25, 0.3) is 0 Å². The maximum absolute atomic E-state index is 13.9. The van der Waals surface area contributed by atoms with Gasteiger partial charge in [-0.3, -0.25) is 18.7 Å². The molecule has 1 aliphatic carbocycles. The molecule has 4 N–H and O–H groups in total. The predicted molar refractivity (Wildman–Crippen MR) is 199 cm³/mol. The molecule has 1 saturated carbocycles. The van der Waals surface area contributed by atoms with Crippen molar-refractivity contribution in [3.8, 4) is 0 Å². The average molecular weight is 744 g/mol. The molecule has 50 heavy (non-hydrogen) atoms. The molecule has 0 aliphatic heterocycles. The number of amides is 2. The minimum Gasteiger partial charge on any atom is -0.348 e. The van der Waals surface area contributed by atoms with Crippen LogP contribution in [0.4, 0.5) is 5.69 Å². The molecule has 3 aromatic rings. The molecule has 270 valence electrons. The van der Waals surface area contributed by atoms with Crippen molar-refractivity contribution in [1.82, 2.24) is 25.2 Å². The quantitative estimate of drug-likeness (QED) is 0.125. The number of hydrogen-bond acceptors (Lipinski definition) is 9. The number of ketones is 1. The number of halogens is 1. The second kappa shape index (κ2) is 17.5. The van der Waals surface area contributed by atoms with E-state index in [9.17, 15) is 22.8 Å². The van der Waals surface area contributed by atoms with Crippen molar-refractivity contribution in [2.75, 3.05) is 32.0 Å². The van der Waals surface area contributed by atoms with Gasteiger partial charge in [-0.15, -0.1) is 11.3 Å². The van der Waals surface area contributed by atoms with Crippen molar-refractivity contribution in [1.29, 1.82) is 5.41 Å². The van der Waals surface area contributed by atoms with Crippen LogP contribution in [-0.2, 0) is 21.4 Å². The number of carbonyl (C=O) groups is 3. The number of benzene rings is 2. The van der Waals surface area contributed by atoms with Gasteiger partial charge in [0.05, 0.1) is 29.0 Å². The van der Waals surface area contributed by atoms with E-state index < -0.39 is 40.1 Å². The zero-order chi connectivity index (χ0) is 36.6. The maximum atomic E-state index is 13.9. The number of thiazole rings is 1. The molecule has 1 heterocycles. The molecule has 1 aromatic heterocycles. The summed E-state index contributed by atoms with van der Waals surface area (Å²) in [4.78, 5) is 44.9. The number of carbonyl (C=O) groups excluding carboxylic acids is 3. The highest BCUT2D eigenvalue weighted by Crippen LogP contribution is 2.33. The predicted octanol–water partition coefficient (Wildman–Crippen LogP) is 5.02. The topological polar surface area (TPSA) is 165 Å². The third-order valence-corrected chi connectivity index (χ3v) is 11.3. The Morgan fingerprint density at radius 2 is 1.74 bits per heavy atom. The summed E-state index contributed by atoms with van der Waals surface area (Å²) in [5.74, 6) is -0.578. The fourth-order valence-electron chi connectivity index (χ4n) is 5.45. The number of nitrogens with one attached hydrogen (secondary N) is 4. The normalized spacial score (nSPS) is 14.9. The van der Waals surface area contributed by atoms with Gasteiger partial charge < -0.3 is 21.4 Å². The number of Topliss-reactive ketones (excluding diaryl/α,β-unsaturated/α-hetero) is 1. The van der Waals surface area contributed by atoms with Gasteiger partial charge in [-0.25, -0.2) is 4.98 Å². The number of rotatable bonds is 19. The van der Waals surface area contributed by atoms with Crippen LogP contribution in [0.3, 0.4) is 0 Å². The molecular weight excluding hydrogens is 698 g/mol. The van der Waals surface area contributed by atoms with Crippen LogP contribution in [0.5, 0.6) is 0 Å². The molecule has 4 rings (SSSR count). The van der Waals surface area contributed by atoms with Crippen molar-refractivity contribution in [3.63, 3.8) is 0 Å². The van der Waals surface area contributed by atoms with Crippen LogP contribution in [0.15, 0.2) is 53.4 Å². The van der Waals surface area contributed by atoms with E-state index in [-0.39, 0.29) is 35.6 Å². The van der Waals surface area contributed by atoms with E-state index in [1.54, 1.807) is 30.6 Å². The Balaban J connectivity index is 1.58. The van der Waals surface area contributed by atoms with E-state index in [1.165, 1.54) is 50.7 Å². The highest BCUT2D eigenvalue weighted by Gasteiger charge is 2.27. The van der Waals surface area contributed by atoms with Gasteiger partial charge in [0.25, 0.3) is 11.8 Å². The average Bonchev–Trinajstić information content (AvgIpc) is 3.73. The lowest BCUT2D eigenvalue weighted by Crippen LogP contribution is -2.48. The highest BCUT2D eigenvalue weighted by atomic mass is 35.5. The van der Waals surface area contributed by atoms with Gasteiger partial charge in [-0.2, -0.15) is 12.7 Å². The van der Waals surface area contributed by atoms with Crippen LogP contribution in [0.2, 0.25) is 5.02 Å². The second-order valence-electron chi connectivity index (χ2n) is 12.9. The molecule has 0 unspecified atom stereocenters. The Labute approximate surface area is 303 Å². The Bertz CT molecular complexity index is 1780. The molecule has 1 aliphatic rings. The lowest BCUT2D eigenvalue weighted by molar-refractivity contribution is -0.120. The molecule has 0 spiro atoms. The molecule has 1 fully saturated rings. The molecule has 0 bridgehead atoms. The smallest absolute Gasteiger partial charge is 0.303 e. The first-order valence-corrected chi connectivity index (χ1v) is 19.3. The van der Waals surface area contributed by atoms with E-state index in [0.717, 1.165) is 32.7 Å². The van der Waals surface area contributed by atoms with Crippen LogP contribution < -0.4 is 20.3 Å². The summed E-state index contributed by atoms with van der Waals surface area (Å²) in [6.07, 6.45) is 3.87. The van der Waals surface area contributed by atoms with E-state index in [4.69, 9.17) is 17.0 Å². The fraction of sp³-hybridized carbons (Fsp3) is 0.457. The number of nitrogens with zero attached hydrogens (tertiary/aromatic N) is 3. The fourth-order valence-corrected chi connectivity index (χ4v) is 7.08. The largest absolute Gasteiger partial charge is 0.348 e. The monoisotopic (exact) mass is 743 g/mol. The van der Waals surface area contributed by atoms with Crippen LogP contribution in [0, 0.1) is 11.3 Å². The third kappa shape index (κ3) is 10.9. The van der Waals surface area contributed by atoms with Gasteiger partial charge in [0.15, 0.2) is 5.78 Å². The van der Waals surface area contributed by atoms with Crippen molar-refractivity contribution in [2.24, 2.45) is 5.92 Å². The maximum Gasteiger partial charge on any atom is 0.303 e. The first-order valence-electron chi connectivity index (χ1n) is 16.6. The number of hydrogen-bond donors (Lipinski definition) is 4. The lowest BCUT2D eigenvalue weighted by Gasteiger charge is -2.25. The summed E-state index contributed by atoms with van der Waals surface area (Å²) in [6, 6.07) is 9.90. The van der Waals surface area contributed by atoms with Gasteiger partial charge in [-0.05, 0) is 74.4 Å². The first kappa shape index (κ1) is 39.1. The molecule has 15 heteroatoms. The molecule has 3 atom stereocenters. The Morgan fingerprint density at radius 1 is 1.06 bits per heavy atom. The van der Waals surface area contributed by atoms with Crippen molar-refractivity contribution < 1.29 is 22.8 Å². The van der Waals surface area contributed by atoms with Crippen molar-refractivity contribution in [3.05, 3.63) is 80.8 Å². The summed E-state index contributed by atoms with van der Waals surface area (Å²) in [5.41, 5.74) is 3.96. The minimum atomic E-state index is -3.96. The van der Waals surface area contributed by atoms with Crippen LogP contribution >= 0.6 is 22.9 Å². The molecule has 2 amide bonds. The molecule has 0 saturated heterocycles. The van der Waals surface area contributed by atoms with Crippen molar-refractivity contribution in [2.45, 2.75) is 70.5 Å². The van der Waals surface area contributed by atoms with E-state index in [0.29, 0.717) is 35.9 Å². The molecule has 0 radical (unpaired) electrons. The van der Waals surface area contributed by atoms with Crippen LogP contribution in [-0.4, -0.2) is 80.8 Å². The first-order chi connectivity index (χ1) is 23.7. The standard InChI is InChI=1S/C35H46ClN7O5S2/c1-6-32(33(44)17-28(37)12-23-10-11-23)38-19-29(18-30-20-49-21-39-30)41-35(46)26-13-25(15-31(16-26)43(5)50(47,48)42(3)4)34(45)40-22(2)24-8-7-9-27(36)14-24/h7-9,13-16,20-23,29,32,37-38H,6,10-12,17-19H2,1-5H3,(H,40,45)(H,41,46)/t22-,29+,32+/m1/s1. The summed E-state index contributed by atoms with van der Waals surface area (Å²) >= 11 is 7.58. The van der Waals surface area contributed by atoms with Gasteiger partial charge in [0.1, 0.15) is 0 Å². The summed E-state index contributed by atoms with van der Waals surface area (Å²) < 4.78 is 28.2. The summed E-state index contributed by atoms with van der Waals surface area (Å²) in [7, 11) is 0.175. The number of anilines is 1. The molecule has 2 aromatic carbocycles. The minimum absolute atomic E-state index is 0.0580. The highest BCUT2D eigenvalue weighted by molar-refractivity contribution is 7.90. The van der Waals surface area contributed by atoms with E-state index in [2.05, 4.69) is 20.9 Å². The molecule has 12 nitrogen and oxygen atoms in total. The third-order valence-electron chi connectivity index (χ3n) is 8.61. The van der Waals surface area contributed by atoms with Crippen LogP contribution in [0.1, 0.15) is 84.0 Å². The number of aromatic nitrogens is 1. The second-order valence-corrected chi connectivity index (χ2v) is 16.2.